The number of halogens is 1. The first kappa shape index (κ1) is 13.0. The highest BCUT2D eigenvalue weighted by Gasteiger charge is 2.23. The van der Waals surface area contributed by atoms with Gasteiger partial charge in [-0.05, 0) is 58.7 Å². The third kappa shape index (κ3) is 4.07. The summed E-state index contributed by atoms with van der Waals surface area (Å²) in [5.41, 5.74) is 1.25. The number of rotatable bonds is 3. The molecule has 1 aromatic rings. The first-order chi connectivity index (χ1) is 8.13. The molecular weight excluding hydrogens is 276 g/mol. The van der Waals surface area contributed by atoms with Crippen molar-refractivity contribution in [1.29, 1.82) is 0 Å². The van der Waals surface area contributed by atoms with Gasteiger partial charge in [-0.1, -0.05) is 13.8 Å². The largest absolute Gasteiger partial charge is 0.310 e. The summed E-state index contributed by atoms with van der Waals surface area (Å²) in [6, 6.07) is 2.81. The minimum absolute atomic E-state index is 0.674. The lowest BCUT2D eigenvalue weighted by atomic mass is 9.80. The molecule has 0 radical (unpaired) electrons. The molecule has 1 saturated carbocycles. The lowest BCUT2D eigenvalue weighted by Gasteiger charge is -2.32. The topological polar surface area (TPSA) is 24.9 Å². The number of hydrogen-bond donors (Lipinski definition) is 1. The van der Waals surface area contributed by atoms with Crippen LogP contribution in [0.2, 0.25) is 0 Å². The van der Waals surface area contributed by atoms with E-state index in [1.807, 2.05) is 12.4 Å². The van der Waals surface area contributed by atoms with Crippen LogP contribution in [0, 0.1) is 11.8 Å². The first-order valence-corrected chi connectivity index (χ1v) is 7.25. The van der Waals surface area contributed by atoms with Crippen LogP contribution in [0.5, 0.6) is 0 Å². The summed E-state index contributed by atoms with van der Waals surface area (Å²) in [6.45, 7) is 5.66. The highest BCUT2D eigenvalue weighted by molar-refractivity contribution is 9.10. The molecule has 94 valence electrons. The van der Waals surface area contributed by atoms with Gasteiger partial charge in [0.25, 0.3) is 0 Å². The zero-order valence-electron chi connectivity index (χ0n) is 10.6. The Labute approximate surface area is 112 Å². The Morgan fingerprint density at radius 3 is 2.59 bits per heavy atom. The SMILES string of the molecule is CC1CC(C)CC(NCc2cncc(Br)c2)C1. The van der Waals surface area contributed by atoms with Gasteiger partial charge in [0, 0.05) is 29.5 Å². The Kier molecular flexibility index (Phi) is 4.57. The molecule has 2 rings (SSSR count). The van der Waals surface area contributed by atoms with Crippen LogP contribution in [-0.2, 0) is 6.54 Å². The predicted octanol–water partition coefficient (Wildman–Crippen LogP) is 3.76. The quantitative estimate of drug-likeness (QED) is 0.919. The van der Waals surface area contributed by atoms with Gasteiger partial charge in [-0.2, -0.15) is 0 Å². The van der Waals surface area contributed by atoms with Crippen LogP contribution in [0.1, 0.15) is 38.7 Å². The normalized spacial score (nSPS) is 29.2. The van der Waals surface area contributed by atoms with Crippen LogP contribution in [0.15, 0.2) is 22.9 Å². The van der Waals surface area contributed by atoms with E-state index in [0.29, 0.717) is 6.04 Å². The molecule has 0 aromatic carbocycles. The van der Waals surface area contributed by atoms with E-state index in [2.05, 4.69) is 46.1 Å². The fourth-order valence-electron chi connectivity index (χ4n) is 2.93. The Hall–Kier alpha value is -0.410. The molecule has 0 amide bonds. The van der Waals surface area contributed by atoms with Gasteiger partial charge < -0.3 is 5.32 Å². The van der Waals surface area contributed by atoms with E-state index in [9.17, 15) is 0 Å². The lowest BCUT2D eigenvalue weighted by Crippen LogP contribution is -2.35. The average Bonchev–Trinajstić information content (AvgIpc) is 2.25. The minimum atomic E-state index is 0.674. The van der Waals surface area contributed by atoms with Crippen molar-refractivity contribution in [3.8, 4) is 0 Å². The van der Waals surface area contributed by atoms with Crippen molar-refractivity contribution in [3.05, 3.63) is 28.5 Å². The number of nitrogens with zero attached hydrogens (tertiary/aromatic N) is 1. The molecule has 3 heteroatoms. The highest BCUT2D eigenvalue weighted by Crippen LogP contribution is 2.28. The maximum atomic E-state index is 4.19. The fourth-order valence-corrected chi connectivity index (χ4v) is 3.34. The molecule has 2 nitrogen and oxygen atoms in total. The molecule has 0 saturated heterocycles. The summed E-state index contributed by atoms with van der Waals surface area (Å²) in [6.07, 6.45) is 7.77. The van der Waals surface area contributed by atoms with Gasteiger partial charge >= 0.3 is 0 Å². The van der Waals surface area contributed by atoms with Crippen LogP contribution in [0.3, 0.4) is 0 Å². The van der Waals surface area contributed by atoms with E-state index in [-0.39, 0.29) is 0 Å². The smallest absolute Gasteiger partial charge is 0.0410 e. The molecule has 1 aromatic heterocycles. The number of nitrogens with one attached hydrogen (secondary N) is 1. The molecule has 0 aliphatic heterocycles. The molecule has 1 aliphatic rings. The second-order valence-electron chi connectivity index (χ2n) is 5.51. The second-order valence-corrected chi connectivity index (χ2v) is 6.42. The summed E-state index contributed by atoms with van der Waals surface area (Å²) in [5, 5.41) is 3.67. The molecule has 1 heterocycles. The second kappa shape index (κ2) is 5.96. The van der Waals surface area contributed by atoms with Crippen molar-refractivity contribution in [2.75, 3.05) is 0 Å². The summed E-state index contributed by atoms with van der Waals surface area (Å²) < 4.78 is 1.06. The summed E-state index contributed by atoms with van der Waals surface area (Å²) >= 11 is 3.46. The van der Waals surface area contributed by atoms with Crippen LogP contribution in [0.4, 0.5) is 0 Å². The van der Waals surface area contributed by atoms with E-state index >= 15 is 0 Å². The van der Waals surface area contributed by atoms with Gasteiger partial charge in [-0.3, -0.25) is 4.98 Å². The molecule has 1 N–H and O–H groups in total. The maximum Gasteiger partial charge on any atom is 0.0410 e. The average molecular weight is 297 g/mol. The molecule has 0 spiro atoms. The zero-order valence-corrected chi connectivity index (χ0v) is 12.2. The van der Waals surface area contributed by atoms with E-state index in [0.717, 1.165) is 22.9 Å². The predicted molar refractivity (Wildman–Crippen MR) is 74.7 cm³/mol. The van der Waals surface area contributed by atoms with Crippen molar-refractivity contribution in [3.63, 3.8) is 0 Å². The molecule has 2 atom stereocenters. The van der Waals surface area contributed by atoms with E-state index in [1.54, 1.807) is 0 Å². The van der Waals surface area contributed by atoms with Crippen LogP contribution < -0.4 is 5.32 Å². The van der Waals surface area contributed by atoms with Crippen LogP contribution in [-0.4, -0.2) is 11.0 Å². The van der Waals surface area contributed by atoms with Crippen LogP contribution in [0.25, 0.3) is 0 Å². The third-order valence-corrected chi connectivity index (χ3v) is 3.97. The Morgan fingerprint density at radius 2 is 1.94 bits per heavy atom. The molecule has 1 fully saturated rings. The van der Waals surface area contributed by atoms with Crippen molar-refractivity contribution in [1.82, 2.24) is 10.3 Å². The van der Waals surface area contributed by atoms with E-state index in [1.165, 1.54) is 24.8 Å². The van der Waals surface area contributed by atoms with E-state index in [4.69, 9.17) is 0 Å². The zero-order chi connectivity index (χ0) is 12.3. The van der Waals surface area contributed by atoms with Gasteiger partial charge in [0.2, 0.25) is 0 Å². The van der Waals surface area contributed by atoms with Gasteiger partial charge in [0.1, 0.15) is 0 Å². The molecule has 0 bridgehead atoms. The number of aromatic nitrogens is 1. The highest BCUT2D eigenvalue weighted by atomic mass is 79.9. The van der Waals surface area contributed by atoms with E-state index < -0.39 is 0 Å². The van der Waals surface area contributed by atoms with Crippen molar-refractivity contribution >= 4 is 15.9 Å². The third-order valence-electron chi connectivity index (χ3n) is 3.53. The number of pyridine rings is 1. The molecular formula is C14H21BrN2. The van der Waals surface area contributed by atoms with Gasteiger partial charge in [-0.25, -0.2) is 0 Å². The molecule has 17 heavy (non-hydrogen) atoms. The van der Waals surface area contributed by atoms with Crippen molar-refractivity contribution in [2.45, 2.75) is 45.7 Å². The summed E-state index contributed by atoms with van der Waals surface area (Å²) in [4.78, 5) is 4.19. The van der Waals surface area contributed by atoms with Crippen molar-refractivity contribution in [2.24, 2.45) is 11.8 Å². The standard InChI is InChI=1S/C14H21BrN2/c1-10-3-11(2)5-14(4-10)17-8-12-6-13(15)9-16-7-12/h6-7,9-11,14,17H,3-5,8H2,1-2H3. The number of hydrogen-bond acceptors (Lipinski definition) is 2. The Morgan fingerprint density at radius 1 is 1.24 bits per heavy atom. The molecule has 1 aliphatic carbocycles. The van der Waals surface area contributed by atoms with Gasteiger partial charge in [-0.15, -0.1) is 0 Å². The van der Waals surface area contributed by atoms with Crippen molar-refractivity contribution < 1.29 is 0 Å². The van der Waals surface area contributed by atoms with Crippen LogP contribution >= 0.6 is 15.9 Å². The summed E-state index contributed by atoms with van der Waals surface area (Å²) in [7, 11) is 0. The first-order valence-electron chi connectivity index (χ1n) is 6.46. The van der Waals surface area contributed by atoms with Gasteiger partial charge in [0.15, 0.2) is 0 Å². The monoisotopic (exact) mass is 296 g/mol. The Bertz CT molecular complexity index is 357. The molecule has 2 unspecified atom stereocenters. The minimum Gasteiger partial charge on any atom is -0.310 e. The fraction of sp³-hybridized carbons (Fsp3) is 0.643. The lowest BCUT2D eigenvalue weighted by molar-refractivity contribution is 0.238. The van der Waals surface area contributed by atoms with Gasteiger partial charge in [0.05, 0.1) is 0 Å². The summed E-state index contributed by atoms with van der Waals surface area (Å²) in [5.74, 6) is 1.72. The maximum absolute atomic E-state index is 4.19. The Balaban J connectivity index is 1.85.